The second kappa shape index (κ2) is 7.63. The number of benzene rings is 1. The highest BCUT2D eigenvalue weighted by Crippen LogP contribution is 2.17. The Kier molecular flexibility index (Phi) is 5.31. The van der Waals surface area contributed by atoms with Gasteiger partial charge in [-0.25, -0.2) is 9.78 Å². The van der Waals surface area contributed by atoms with Crippen LogP contribution in [0.1, 0.15) is 11.1 Å². The van der Waals surface area contributed by atoms with Crippen molar-refractivity contribution in [2.75, 3.05) is 19.0 Å². The minimum Gasteiger partial charge on any atom is -0.465 e. The fourth-order valence-corrected chi connectivity index (χ4v) is 3.29. The van der Waals surface area contributed by atoms with Crippen LogP contribution >= 0.6 is 11.6 Å². The van der Waals surface area contributed by atoms with Gasteiger partial charge in [-0.3, -0.25) is 4.79 Å². The summed E-state index contributed by atoms with van der Waals surface area (Å²) in [7, 11) is 1.37. The Labute approximate surface area is 150 Å². The van der Waals surface area contributed by atoms with Gasteiger partial charge in [0, 0.05) is 18.2 Å². The number of amides is 1. The number of halogens is 1. The van der Waals surface area contributed by atoms with Gasteiger partial charge in [-0.05, 0) is 17.7 Å². The molecule has 0 saturated carbocycles. The molecule has 3 rings (SSSR count). The van der Waals surface area contributed by atoms with Crippen LogP contribution in [0.5, 0.6) is 0 Å². The number of ether oxygens (including phenoxy) is 1. The molecule has 2 atom stereocenters. The maximum atomic E-state index is 12.4. The summed E-state index contributed by atoms with van der Waals surface area (Å²) in [5.41, 5.74) is 2.72. The van der Waals surface area contributed by atoms with Crippen molar-refractivity contribution in [3.8, 4) is 0 Å². The third-order valence-electron chi connectivity index (χ3n) is 4.36. The number of carbonyl (C=O) groups is 2. The molecule has 25 heavy (non-hydrogen) atoms. The Balaban J connectivity index is 1.75. The minimum atomic E-state index is -0.407. The summed E-state index contributed by atoms with van der Waals surface area (Å²) in [5.74, 6) is -0.533. The van der Waals surface area contributed by atoms with Crippen LogP contribution in [0.4, 0.5) is 5.69 Å². The summed E-state index contributed by atoms with van der Waals surface area (Å²) in [6, 6.07) is 10.9. The topological polar surface area (TPSA) is 72.7 Å². The fraction of sp³-hybridized carbons (Fsp3) is 0.278. The lowest BCUT2D eigenvalue weighted by molar-refractivity contribution is -0.924. The van der Waals surface area contributed by atoms with E-state index in [0.29, 0.717) is 18.7 Å². The molecule has 0 bridgehead atoms. The molecule has 1 aromatic heterocycles. The van der Waals surface area contributed by atoms with Crippen LogP contribution in [0.25, 0.3) is 0 Å². The number of fused-ring (bicyclic) bond motifs is 1. The molecular weight excluding hydrogens is 342 g/mol. The fourth-order valence-electron chi connectivity index (χ4n) is 3.12. The molecule has 0 spiro atoms. The van der Waals surface area contributed by atoms with E-state index in [2.05, 4.69) is 10.3 Å². The zero-order valence-corrected chi connectivity index (χ0v) is 14.5. The number of rotatable bonds is 4. The zero-order valence-electron chi connectivity index (χ0n) is 13.8. The Morgan fingerprint density at radius 2 is 2.04 bits per heavy atom. The monoisotopic (exact) mass is 360 g/mol. The first kappa shape index (κ1) is 17.4. The minimum absolute atomic E-state index is 0.138. The van der Waals surface area contributed by atoms with Gasteiger partial charge in [0.15, 0.2) is 17.7 Å². The summed E-state index contributed by atoms with van der Waals surface area (Å²) in [4.78, 5) is 29.4. The lowest BCUT2D eigenvalue weighted by Crippen LogP contribution is -3.17. The number of hydrogen-bond donors (Lipinski definition) is 2. The second-order valence-corrected chi connectivity index (χ2v) is 6.31. The Morgan fingerprint density at radius 1 is 1.28 bits per heavy atom. The lowest BCUT2D eigenvalue weighted by Gasteiger charge is -2.31. The molecule has 1 aliphatic heterocycles. The van der Waals surface area contributed by atoms with Crippen molar-refractivity contribution in [2.45, 2.75) is 19.0 Å². The summed E-state index contributed by atoms with van der Waals surface area (Å²) < 4.78 is 4.93. The van der Waals surface area contributed by atoms with Gasteiger partial charge in [0.05, 0.1) is 12.8 Å². The van der Waals surface area contributed by atoms with Crippen LogP contribution in [0.15, 0.2) is 42.6 Å². The standard InChI is InChI=1S/C18H18ClN3O3/c1-25-18(24)15-9-12-5-2-3-6-13(12)10-22(15)11-16(23)21-14-7-4-8-20-17(14)19/h2-8,15H,9-11H2,1H3,(H,21,23)/p+1/t15-/m1/s1. The van der Waals surface area contributed by atoms with Crippen LogP contribution in [0, 0.1) is 0 Å². The van der Waals surface area contributed by atoms with Gasteiger partial charge in [0.1, 0.15) is 6.54 Å². The number of anilines is 1. The molecule has 0 saturated heterocycles. The van der Waals surface area contributed by atoms with E-state index in [0.717, 1.165) is 16.0 Å². The van der Waals surface area contributed by atoms with Crippen LogP contribution < -0.4 is 10.2 Å². The third-order valence-corrected chi connectivity index (χ3v) is 4.66. The van der Waals surface area contributed by atoms with Crippen molar-refractivity contribution in [1.82, 2.24) is 4.98 Å². The van der Waals surface area contributed by atoms with Crippen molar-refractivity contribution in [2.24, 2.45) is 0 Å². The third kappa shape index (κ3) is 3.97. The predicted octanol–water partition coefficient (Wildman–Crippen LogP) is 0.856. The van der Waals surface area contributed by atoms with E-state index >= 15 is 0 Å². The van der Waals surface area contributed by atoms with E-state index in [9.17, 15) is 9.59 Å². The molecule has 130 valence electrons. The first-order valence-electron chi connectivity index (χ1n) is 7.98. The number of carbonyl (C=O) groups excluding carboxylic acids is 2. The average molecular weight is 361 g/mol. The smallest absolute Gasteiger partial charge is 0.365 e. The number of nitrogens with one attached hydrogen (secondary N) is 2. The number of methoxy groups -OCH3 is 1. The van der Waals surface area contributed by atoms with E-state index in [1.165, 1.54) is 7.11 Å². The van der Waals surface area contributed by atoms with E-state index in [1.54, 1.807) is 18.3 Å². The van der Waals surface area contributed by atoms with E-state index in [1.807, 2.05) is 24.3 Å². The van der Waals surface area contributed by atoms with Crippen LogP contribution in [-0.4, -0.2) is 36.6 Å². The molecule has 2 heterocycles. The molecule has 0 fully saturated rings. The van der Waals surface area contributed by atoms with Crippen LogP contribution in [0.3, 0.4) is 0 Å². The molecule has 2 aromatic rings. The lowest BCUT2D eigenvalue weighted by atomic mass is 9.94. The SMILES string of the molecule is COC(=O)[C@H]1Cc2ccccc2C[NH+]1CC(=O)Nc1cccnc1Cl. The van der Waals surface area contributed by atoms with Gasteiger partial charge in [-0.1, -0.05) is 35.9 Å². The number of esters is 1. The molecule has 7 heteroatoms. The molecule has 1 aromatic carbocycles. The van der Waals surface area contributed by atoms with Gasteiger partial charge in [-0.2, -0.15) is 0 Å². The van der Waals surface area contributed by atoms with Gasteiger partial charge in [0.25, 0.3) is 5.91 Å². The Morgan fingerprint density at radius 3 is 2.76 bits per heavy atom. The normalized spacial score (nSPS) is 19.0. The number of quaternary nitrogens is 1. The summed E-state index contributed by atoms with van der Waals surface area (Å²) >= 11 is 5.97. The molecule has 1 unspecified atom stereocenters. The summed E-state index contributed by atoms with van der Waals surface area (Å²) in [6.45, 7) is 0.726. The number of nitrogens with zero attached hydrogens (tertiary/aromatic N) is 1. The first-order valence-corrected chi connectivity index (χ1v) is 8.36. The molecule has 1 aliphatic rings. The van der Waals surface area contributed by atoms with Crippen LogP contribution in [0.2, 0.25) is 5.15 Å². The number of pyridine rings is 1. The van der Waals surface area contributed by atoms with Crippen molar-refractivity contribution in [3.05, 3.63) is 58.9 Å². The molecule has 6 nitrogen and oxygen atoms in total. The van der Waals surface area contributed by atoms with Gasteiger partial charge in [0.2, 0.25) is 0 Å². The molecule has 2 N–H and O–H groups in total. The largest absolute Gasteiger partial charge is 0.465 e. The van der Waals surface area contributed by atoms with Crippen molar-refractivity contribution in [3.63, 3.8) is 0 Å². The molecule has 0 aliphatic carbocycles. The average Bonchev–Trinajstić information content (AvgIpc) is 2.62. The molecule has 1 amide bonds. The second-order valence-electron chi connectivity index (χ2n) is 5.95. The quantitative estimate of drug-likeness (QED) is 0.626. The maximum absolute atomic E-state index is 12.4. The van der Waals surface area contributed by atoms with E-state index < -0.39 is 6.04 Å². The van der Waals surface area contributed by atoms with E-state index in [4.69, 9.17) is 16.3 Å². The van der Waals surface area contributed by atoms with Crippen LogP contribution in [-0.2, 0) is 27.3 Å². The summed E-state index contributed by atoms with van der Waals surface area (Å²) in [6.07, 6.45) is 2.11. The predicted molar refractivity (Wildman–Crippen MR) is 93.4 cm³/mol. The summed E-state index contributed by atoms with van der Waals surface area (Å²) in [5, 5.41) is 2.99. The maximum Gasteiger partial charge on any atom is 0.365 e. The highest BCUT2D eigenvalue weighted by atomic mass is 35.5. The zero-order chi connectivity index (χ0) is 17.8. The number of hydrogen-bond acceptors (Lipinski definition) is 4. The van der Waals surface area contributed by atoms with Crippen molar-refractivity contribution in [1.29, 1.82) is 0 Å². The first-order chi connectivity index (χ1) is 12.1. The number of aromatic nitrogens is 1. The molecule has 0 radical (unpaired) electrons. The van der Waals surface area contributed by atoms with E-state index in [-0.39, 0.29) is 23.6 Å². The Bertz CT molecular complexity index is 797. The highest BCUT2D eigenvalue weighted by molar-refractivity contribution is 6.32. The van der Waals surface area contributed by atoms with Crippen molar-refractivity contribution >= 4 is 29.2 Å². The van der Waals surface area contributed by atoms with Gasteiger partial charge >= 0.3 is 5.97 Å². The van der Waals surface area contributed by atoms with Gasteiger partial charge < -0.3 is 15.0 Å². The Hall–Kier alpha value is -2.44. The molecular formula is C18H19ClN3O3+. The van der Waals surface area contributed by atoms with Crippen molar-refractivity contribution < 1.29 is 19.2 Å². The van der Waals surface area contributed by atoms with Gasteiger partial charge in [-0.15, -0.1) is 0 Å². The highest BCUT2D eigenvalue weighted by Gasteiger charge is 2.37.